The molecule has 106 valence electrons. The summed E-state index contributed by atoms with van der Waals surface area (Å²) in [6.45, 7) is 0.306. The normalized spacial score (nSPS) is 10.2. The Morgan fingerprint density at radius 2 is 1.80 bits per heavy atom. The van der Waals surface area contributed by atoms with Gasteiger partial charge in [-0.05, 0) is 17.7 Å². The lowest BCUT2D eigenvalue weighted by molar-refractivity contribution is 0.285. The maximum absolute atomic E-state index is 5.74. The van der Waals surface area contributed by atoms with Crippen LogP contribution in [0.2, 0.25) is 0 Å². The first-order valence-electron chi connectivity index (χ1n) is 6.12. The van der Waals surface area contributed by atoms with Gasteiger partial charge in [0.05, 0.1) is 14.2 Å². The second-order valence-electron chi connectivity index (χ2n) is 4.06. The Morgan fingerprint density at radius 1 is 1.05 bits per heavy atom. The number of methoxy groups -OCH3 is 2. The molecule has 0 bridgehead atoms. The molecule has 0 spiro atoms. The number of benzene rings is 1. The highest BCUT2D eigenvalue weighted by Crippen LogP contribution is 2.29. The molecule has 0 aliphatic rings. The summed E-state index contributed by atoms with van der Waals surface area (Å²) >= 11 is 5.74. The van der Waals surface area contributed by atoms with Gasteiger partial charge in [0.1, 0.15) is 18.1 Å². The van der Waals surface area contributed by atoms with Crippen molar-refractivity contribution in [1.82, 2.24) is 4.98 Å². The van der Waals surface area contributed by atoms with Crippen LogP contribution in [0.3, 0.4) is 0 Å². The van der Waals surface area contributed by atoms with Crippen molar-refractivity contribution in [2.45, 2.75) is 12.5 Å². The zero-order valence-corrected chi connectivity index (χ0v) is 12.2. The second kappa shape index (κ2) is 7.01. The van der Waals surface area contributed by atoms with Gasteiger partial charge in [0, 0.05) is 18.1 Å². The number of aromatic nitrogens is 1. The molecule has 0 N–H and O–H groups in total. The third kappa shape index (κ3) is 3.33. The molecule has 0 unspecified atom stereocenters. The zero-order valence-electron chi connectivity index (χ0n) is 11.4. The van der Waals surface area contributed by atoms with Crippen molar-refractivity contribution >= 4 is 11.6 Å². The van der Waals surface area contributed by atoms with Gasteiger partial charge < -0.3 is 14.2 Å². The molecular formula is C15H16ClNO3. The Morgan fingerprint density at radius 3 is 2.40 bits per heavy atom. The van der Waals surface area contributed by atoms with Crippen LogP contribution in [0.4, 0.5) is 0 Å². The van der Waals surface area contributed by atoms with Gasteiger partial charge >= 0.3 is 0 Å². The van der Waals surface area contributed by atoms with Crippen molar-refractivity contribution in [3.05, 3.63) is 47.8 Å². The third-order valence-electron chi connectivity index (χ3n) is 2.82. The van der Waals surface area contributed by atoms with Crippen LogP contribution in [0.1, 0.15) is 11.3 Å². The Kier molecular flexibility index (Phi) is 5.07. The summed E-state index contributed by atoms with van der Waals surface area (Å²) in [5.41, 5.74) is 1.74. The van der Waals surface area contributed by atoms with E-state index in [0.717, 1.165) is 11.3 Å². The minimum absolute atomic E-state index is 0.306. The molecule has 4 nitrogen and oxygen atoms in total. The van der Waals surface area contributed by atoms with Gasteiger partial charge in [-0.3, -0.25) is 4.98 Å². The summed E-state index contributed by atoms with van der Waals surface area (Å²) in [7, 11) is 3.17. The van der Waals surface area contributed by atoms with Gasteiger partial charge in [-0.25, -0.2) is 0 Å². The van der Waals surface area contributed by atoms with Crippen LogP contribution in [0.5, 0.6) is 17.2 Å². The Bertz CT molecular complexity index is 558. The van der Waals surface area contributed by atoms with Crippen LogP contribution in [-0.4, -0.2) is 19.2 Å². The number of ether oxygens (including phenoxy) is 3. The fourth-order valence-corrected chi connectivity index (χ4v) is 1.96. The van der Waals surface area contributed by atoms with Crippen molar-refractivity contribution in [3.63, 3.8) is 0 Å². The number of nitrogens with zero attached hydrogens (tertiary/aromatic N) is 1. The Balaban J connectivity index is 2.10. The molecule has 0 amide bonds. The summed E-state index contributed by atoms with van der Waals surface area (Å²) in [4.78, 5) is 4.26. The molecule has 1 heterocycles. The molecule has 0 radical (unpaired) electrons. The predicted molar refractivity (Wildman–Crippen MR) is 77.7 cm³/mol. The van der Waals surface area contributed by atoms with Crippen LogP contribution >= 0.6 is 11.6 Å². The molecule has 2 aromatic rings. The first kappa shape index (κ1) is 14.5. The number of halogens is 1. The molecule has 0 saturated heterocycles. The van der Waals surface area contributed by atoms with E-state index in [1.54, 1.807) is 26.5 Å². The van der Waals surface area contributed by atoms with E-state index in [0.29, 0.717) is 29.7 Å². The van der Waals surface area contributed by atoms with Gasteiger partial charge in [0.2, 0.25) is 0 Å². The topological polar surface area (TPSA) is 40.6 Å². The van der Waals surface area contributed by atoms with Gasteiger partial charge in [-0.1, -0.05) is 12.1 Å². The van der Waals surface area contributed by atoms with Crippen LogP contribution in [0.15, 0.2) is 36.5 Å². The van der Waals surface area contributed by atoms with Crippen molar-refractivity contribution in [2.75, 3.05) is 14.2 Å². The summed E-state index contributed by atoms with van der Waals surface area (Å²) in [5, 5.41) is 0. The van der Waals surface area contributed by atoms with E-state index in [-0.39, 0.29) is 0 Å². The fraction of sp³-hybridized carbons (Fsp3) is 0.267. The number of alkyl halides is 1. The third-order valence-corrected chi connectivity index (χ3v) is 3.13. The SMILES string of the molecule is COc1ccnc(COc2ccc(CCl)cc2)c1OC. The lowest BCUT2D eigenvalue weighted by Gasteiger charge is -2.12. The highest BCUT2D eigenvalue weighted by atomic mass is 35.5. The molecule has 20 heavy (non-hydrogen) atoms. The van der Waals surface area contributed by atoms with Crippen molar-refractivity contribution in [2.24, 2.45) is 0 Å². The first-order valence-corrected chi connectivity index (χ1v) is 6.65. The van der Waals surface area contributed by atoms with Gasteiger partial charge in [0.15, 0.2) is 11.5 Å². The monoisotopic (exact) mass is 293 g/mol. The highest BCUT2D eigenvalue weighted by molar-refractivity contribution is 6.17. The standard InChI is InChI=1S/C15H16ClNO3/c1-18-14-7-8-17-13(15(14)19-2)10-20-12-5-3-11(9-16)4-6-12/h3-8H,9-10H2,1-2H3. The van der Waals surface area contributed by atoms with Crippen LogP contribution < -0.4 is 14.2 Å². The molecule has 1 aromatic carbocycles. The molecule has 0 aliphatic heterocycles. The molecular weight excluding hydrogens is 278 g/mol. The maximum Gasteiger partial charge on any atom is 0.185 e. The van der Waals surface area contributed by atoms with E-state index in [9.17, 15) is 0 Å². The van der Waals surface area contributed by atoms with Crippen LogP contribution in [-0.2, 0) is 12.5 Å². The smallest absolute Gasteiger partial charge is 0.185 e. The Labute approximate surface area is 123 Å². The van der Waals surface area contributed by atoms with E-state index in [4.69, 9.17) is 25.8 Å². The summed E-state index contributed by atoms with van der Waals surface area (Å²) in [6.07, 6.45) is 1.66. The first-order chi connectivity index (χ1) is 9.78. The van der Waals surface area contributed by atoms with Crippen molar-refractivity contribution in [3.8, 4) is 17.2 Å². The van der Waals surface area contributed by atoms with E-state index in [2.05, 4.69) is 4.98 Å². The van der Waals surface area contributed by atoms with Gasteiger partial charge in [-0.15, -0.1) is 11.6 Å². The molecule has 0 saturated carbocycles. The van der Waals surface area contributed by atoms with E-state index in [1.807, 2.05) is 24.3 Å². The fourth-order valence-electron chi connectivity index (χ4n) is 1.78. The summed E-state index contributed by atoms with van der Waals surface area (Å²) in [5.74, 6) is 2.47. The molecule has 0 aliphatic carbocycles. The van der Waals surface area contributed by atoms with Gasteiger partial charge in [0.25, 0.3) is 0 Å². The van der Waals surface area contributed by atoms with Crippen LogP contribution in [0.25, 0.3) is 0 Å². The molecule has 0 atom stereocenters. The number of pyridine rings is 1. The number of hydrogen-bond donors (Lipinski definition) is 0. The lowest BCUT2D eigenvalue weighted by Crippen LogP contribution is -2.03. The number of rotatable bonds is 6. The predicted octanol–water partition coefficient (Wildman–Crippen LogP) is 3.42. The second-order valence-corrected chi connectivity index (χ2v) is 4.33. The van der Waals surface area contributed by atoms with Crippen molar-refractivity contribution < 1.29 is 14.2 Å². The minimum Gasteiger partial charge on any atom is -0.493 e. The molecule has 5 heteroatoms. The van der Waals surface area contributed by atoms with Gasteiger partial charge in [-0.2, -0.15) is 0 Å². The quantitative estimate of drug-likeness (QED) is 0.765. The lowest BCUT2D eigenvalue weighted by atomic mass is 10.2. The van der Waals surface area contributed by atoms with Crippen molar-refractivity contribution in [1.29, 1.82) is 0 Å². The van der Waals surface area contributed by atoms with Crippen LogP contribution in [0, 0.1) is 0 Å². The summed E-state index contributed by atoms with van der Waals surface area (Å²) in [6, 6.07) is 9.36. The van der Waals surface area contributed by atoms with E-state index < -0.39 is 0 Å². The molecule has 1 aromatic heterocycles. The Hall–Kier alpha value is -1.94. The molecule has 2 rings (SSSR count). The average molecular weight is 294 g/mol. The summed E-state index contributed by atoms with van der Waals surface area (Å²) < 4.78 is 16.2. The number of hydrogen-bond acceptors (Lipinski definition) is 4. The zero-order chi connectivity index (χ0) is 14.4. The largest absolute Gasteiger partial charge is 0.493 e. The minimum atomic E-state index is 0.306. The van der Waals surface area contributed by atoms with E-state index >= 15 is 0 Å². The maximum atomic E-state index is 5.74. The highest BCUT2D eigenvalue weighted by Gasteiger charge is 2.11. The molecule has 0 fully saturated rings. The van der Waals surface area contributed by atoms with E-state index in [1.165, 1.54) is 0 Å². The average Bonchev–Trinajstić information content (AvgIpc) is 2.52.